The first-order valence-corrected chi connectivity index (χ1v) is 8.32. The second-order valence-corrected chi connectivity index (χ2v) is 6.03. The molecule has 0 radical (unpaired) electrons. The van der Waals surface area contributed by atoms with Crippen molar-refractivity contribution in [1.82, 2.24) is 4.90 Å². The summed E-state index contributed by atoms with van der Waals surface area (Å²) in [4.78, 5) is 14.8. The summed E-state index contributed by atoms with van der Waals surface area (Å²) in [5.74, 6) is 1.26. The van der Waals surface area contributed by atoms with Gasteiger partial charge in [-0.15, -0.1) is 0 Å². The quantitative estimate of drug-likeness (QED) is 0.857. The van der Waals surface area contributed by atoms with Crippen LogP contribution >= 0.6 is 0 Å². The number of carbonyl (C=O) groups is 1. The molecule has 2 aromatic carbocycles. The van der Waals surface area contributed by atoms with Crippen molar-refractivity contribution < 1.29 is 19.0 Å². The van der Waals surface area contributed by atoms with Crippen molar-refractivity contribution in [3.05, 3.63) is 59.2 Å². The van der Waals surface area contributed by atoms with E-state index in [4.69, 9.17) is 14.2 Å². The number of hydrogen-bond donors (Lipinski definition) is 0. The minimum absolute atomic E-state index is 0.0409. The normalized spacial score (nSPS) is 17.2. The Bertz CT molecular complexity index is 720. The Morgan fingerprint density at radius 2 is 1.76 bits per heavy atom. The smallest absolute Gasteiger partial charge is 0.254 e. The van der Waals surface area contributed by atoms with Crippen molar-refractivity contribution in [1.29, 1.82) is 0 Å². The highest BCUT2D eigenvalue weighted by molar-refractivity contribution is 5.95. The molecule has 0 aromatic heterocycles. The average molecular weight is 341 g/mol. The second-order valence-electron chi connectivity index (χ2n) is 6.03. The molecule has 1 saturated heterocycles. The Morgan fingerprint density at radius 3 is 2.36 bits per heavy atom. The molecule has 1 atom stereocenters. The lowest BCUT2D eigenvalue weighted by Crippen LogP contribution is -2.42. The van der Waals surface area contributed by atoms with Gasteiger partial charge in [-0.1, -0.05) is 30.3 Å². The van der Waals surface area contributed by atoms with Crippen LogP contribution in [-0.2, 0) is 4.74 Å². The fraction of sp³-hybridized carbons (Fsp3) is 0.350. The van der Waals surface area contributed by atoms with Gasteiger partial charge in [-0.2, -0.15) is 0 Å². The number of nitrogens with zero attached hydrogens (tertiary/aromatic N) is 1. The third-order valence-corrected chi connectivity index (χ3v) is 4.52. The first-order valence-electron chi connectivity index (χ1n) is 8.32. The molecular weight excluding hydrogens is 318 g/mol. The third kappa shape index (κ3) is 3.61. The molecule has 1 aliphatic heterocycles. The van der Waals surface area contributed by atoms with Crippen molar-refractivity contribution in [2.24, 2.45) is 0 Å². The molecule has 5 heteroatoms. The van der Waals surface area contributed by atoms with Gasteiger partial charge in [-0.05, 0) is 24.6 Å². The highest BCUT2D eigenvalue weighted by Gasteiger charge is 2.27. The van der Waals surface area contributed by atoms with E-state index in [0.29, 0.717) is 36.8 Å². The number of hydrogen-bond acceptors (Lipinski definition) is 4. The Morgan fingerprint density at radius 1 is 1.12 bits per heavy atom. The average Bonchev–Trinajstić information content (AvgIpc) is 2.68. The molecule has 132 valence electrons. The van der Waals surface area contributed by atoms with Gasteiger partial charge in [0.25, 0.3) is 5.91 Å². The first-order chi connectivity index (χ1) is 12.1. The van der Waals surface area contributed by atoms with Gasteiger partial charge in [0, 0.05) is 17.7 Å². The number of morpholine rings is 1. The fourth-order valence-electron chi connectivity index (χ4n) is 3.10. The molecule has 25 heavy (non-hydrogen) atoms. The number of benzene rings is 2. The van der Waals surface area contributed by atoms with Gasteiger partial charge in [0.1, 0.15) is 17.6 Å². The molecule has 0 aliphatic carbocycles. The number of rotatable bonds is 4. The maximum Gasteiger partial charge on any atom is 0.254 e. The van der Waals surface area contributed by atoms with Crippen LogP contribution in [0.15, 0.2) is 42.5 Å². The Balaban J connectivity index is 1.83. The molecule has 1 amide bonds. The molecular formula is C20H23NO4. The maximum absolute atomic E-state index is 13.0. The monoisotopic (exact) mass is 341 g/mol. The standard InChI is InChI=1S/C20H23NO4/c1-14-17(23-2)11-16(12-18(14)24-3)20(22)21-9-10-25-19(13-21)15-7-5-4-6-8-15/h4-8,11-12,19H,9-10,13H2,1-3H3/t19-/m0/s1. The fourth-order valence-corrected chi connectivity index (χ4v) is 3.10. The Hall–Kier alpha value is -2.53. The van der Waals surface area contributed by atoms with Crippen LogP contribution in [0.4, 0.5) is 0 Å². The van der Waals surface area contributed by atoms with Crippen molar-refractivity contribution >= 4 is 5.91 Å². The van der Waals surface area contributed by atoms with E-state index < -0.39 is 0 Å². The summed E-state index contributed by atoms with van der Waals surface area (Å²) in [6, 6.07) is 13.5. The van der Waals surface area contributed by atoms with Crippen LogP contribution in [0.5, 0.6) is 11.5 Å². The van der Waals surface area contributed by atoms with Gasteiger partial charge in [0.15, 0.2) is 0 Å². The lowest BCUT2D eigenvalue weighted by Gasteiger charge is -2.33. The van der Waals surface area contributed by atoms with Crippen molar-refractivity contribution in [2.45, 2.75) is 13.0 Å². The summed E-state index contributed by atoms with van der Waals surface area (Å²) >= 11 is 0. The van der Waals surface area contributed by atoms with E-state index in [1.165, 1.54) is 0 Å². The van der Waals surface area contributed by atoms with Gasteiger partial charge < -0.3 is 19.1 Å². The second kappa shape index (κ2) is 7.57. The molecule has 0 unspecified atom stereocenters. The number of amides is 1. The zero-order chi connectivity index (χ0) is 17.8. The van der Waals surface area contributed by atoms with E-state index in [1.54, 1.807) is 26.4 Å². The predicted molar refractivity (Wildman–Crippen MR) is 95.3 cm³/mol. The van der Waals surface area contributed by atoms with Gasteiger partial charge in [0.2, 0.25) is 0 Å². The van der Waals surface area contributed by atoms with Crippen molar-refractivity contribution in [3.63, 3.8) is 0 Å². The first kappa shape index (κ1) is 17.3. The van der Waals surface area contributed by atoms with Crippen LogP contribution in [-0.4, -0.2) is 44.7 Å². The minimum atomic E-state index is -0.104. The lowest BCUT2D eigenvalue weighted by atomic mass is 10.1. The van der Waals surface area contributed by atoms with Gasteiger partial charge in [-0.25, -0.2) is 0 Å². The Labute approximate surface area is 148 Å². The third-order valence-electron chi connectivity index (χ3n) is 4.52. The number of methoxy groups -OCH3 is 2. The summed E-state index contributed by atoms with van der Waals surface area (Å²) in [5.41, 5.74) is 2.53. The zero-order valence-electron chi connectivity index (χ0n) is 14.8. The van der Waals surface area contributed by atoms with Gasteiger partial charge >= 0.3 is 0 Å². The summed E-state index contributed by atoms with van der Waals surface area (Å²) in [7, 11) is 3.19. The topological polar surface area (TPSA) is 48.0 Å². The summed E-state index contributed by atoms with van der Waals surface area (Å²) in [6.07, 6.45) is -0.104. The maximum atomic E-state index is 13.0. The molecule has 0 bridgehead atoms. The van der Waals surface area contributed by atoms with Crippen molar-refractivity contribution in [3.8, 4) is 11.5 Å². The van der Waals surface area contributed by atoms with Crippen LogP contribution in [0.1, 0.15) is 27.6 Å². The molecule has 2 aromatic rings. The van der Waals surface area contributed by atoms with Crippen LogP contribution in [0.3, 0.4) is 0 Å². The highest BCUT2D eigenvalue weighted by Crippen LogP contribution is 2.31. The molecule has 5 nitrogen and oxygen atoms in total. The van der Waals surface area contributed by atoms with Crippen LogP contribution in [0, 0.1) is 6.92 Å². The number of carbonyl (C=O) groups excluding carboxylic acids is 1. The lowest BCUT2D eigenvalue weighted by molar-refractivity contribution is -0.0228. The van der Waals surface area contributed by atoms with Crippen LogP contribution in [0.2, 0.25) is 0 Å². The van der Waals surface area contributed by atoms with Gasteiger partial charge in [0.05, 0.1) is 27.4 Å². The minimum Gasteiger partial charge on any atom is -0.496 e. The van der Waals surface area contributed by atoms with Crippen LogP contribution in [0.25, 0.3) is 0 Å². The summed E-state index contributed by atoms with van der Waals surface area (Å²) in [5, 5.41) is 0. The van der Waals surface area contributed by atoms with Crippen LogP contribution < -0.4 is 9.47 Å². The SMILES string of the molecule is COc1cc(C(=O)N2CCO[C@H](c3ccccc3)C2)cc(OC)c1C. The highest BCUT2D eigenvalue weighted by atomic mass is 16.5. The molecule has 1 fully saturated rings. The molecule has 3 rings (SSSR count). The molecule has 0 spiro atoms. The molecule has 1 aliphatic rings. The van der Waals surface area contributed by atoms with E-state index in [9.17, 15) is 4.79 Å². The summed E-state index contributed by atoms with van der Waals surface area (Å²) < 4.78 is 16.6. The van der Waals surface area contributed by atoms with E-state index >= 15 is 0 Å². The molecule has 0 N–H and O–H groups in total. The number of ether oxygens (including phenoxy) is 3. The predicted octanol–water partition coefficient (Wildman–Crippen LogP) is 3.23. The molecule has 1 heterocycles. The zero-order valence-corrected chi connectivity index (χ0v) is 14.8. The van der Waals surface area contributed by atoms with E-state index in [1.807, 2.05) is 42.2 Å². The molecule has 0 saturated carbocycles. The summed E-state index contributed by atoms with van der Waals surface area (Å²) in [6.45, 7) is 3.53. The van der Waals surface area contributed by atoms with Crippen molar-refractivity contribution in [2.75, 3.05) is 33.9 Å². The van der Waals surface area contributed by atoms with E-state index in [0.717, 1.165) is 11.1 Å². The van der Waals surface area contributed by atoms with E-state index in [2.05, 4.69) is 0 Å². The van der Waals surface area contributed by atoms with Gasteiger partial charge in [-0.3, -0.25) is 4.79 Å². The Kier molecular flexibility index (Phi) is 5.24. The van der Waals surface area contributed by atoms with E-state index in [-0.39, 0.29) is 12.0 Å². The largest absolute Gasteiger partial charge is 0.496 e.